The van der Waals surface area contributed by atoms with Gasteiger partial charge in [-0.05, 0) is 25.1 Å². The molecule has 0 aromatic heterocycles. The number of esters is 1. The molecule has 0 saturated heterocycles. The minimum atomic E-state index is -4.60. The first-order valence-corrected chi connectivity index (χ1v) is 6.06. The minimum absolute atomic E-state index is 0.352. The number of rotatable bonds is 3. The molecule has 0 bridgehead atoms. The van der Waals surface area contributed by atoms with Crippen molar-refractivity contribution in [2.75, 3.05) is 7.05 Å². The van der Waals surface area contributed by atoms with Gasteiger partial charge < -0.3 is 10.1 Å². The highest BCUT2D eigenvalue weighted by atomic mass is 19.4. The number of imide groups is 1. The van der Waals surface area contributed by atoms with Crippen LogP contribution >= 0.6 is 0 Å². The third kappa shape index (κ3) is 4.76. The molecule has 0 spiro atoms. The van der Waals surface area contributed by atoms with Gasteiger partial charge in [-0.2, -0.15) is 13.2 Å². The van der Waals surface area contributed by atoms with Gasteiger partial charge in [0, 0.05) is 7.05 Å². The number of benzene rings is 1. The van der Waals surface area contributed by atoms with Crippen LogP contribution in [0.4, 0.5) is 18.0 Å². The van der Waals surface area contributed by atoms with E-state index in [1.165, 1.54) is 14.0 Å². The Kier molecular flexibility index (Phi) is 5.50. The molecule has 1 atom stereocenters. The van der Waals surface area contributed by atoms with Gasteiger partial charge in [-0.25, -0.2) is 9.59 Å². The summed E-state index contributed by atoms with van der Waals surface area (Å²) in [6, 6.07) is 2.80. The van der Waals surface area contributed by atoms with Crippen LogP contribution in [0.2, 0.25) is 0 Å². The fourth-order valence-electron chi connectivity index (χ4n) is 1.38. The Hall–Kier alpha value is -2.58. The smallest absolute Gasteiger partial charge is 0.416 e. The number of amides is 3. The number of hydrogen-bond acceptors (Lipinski definition) is 4. The van der Waals surface area contributed by atoms with Gasteiger partial charge in [-0.15, -0.1) is 0 Å². The third-order valence-electron chi connectivity index (χ3n) is 2.54. The highest BCUT2D eigenvalue weighted by Crippen LogP contribution is 2.29. The summed E-state index contributed by atoms with van der Waals surface area (Å²) in [5.41, 5.74) is -1.36. The lowest BCUT2D eigenvalue weighted by Gasteiger charge is -2.13. The number of nitrogens with one attached hydrogen (secondary N) is 2. The summed E-state index contributed by atoms with van der Waals surface area (Å²) in [5, 5.41) is 4.00. The van der Waals surface area contributed by atoms with E-state index in [1.807, 2.05) is 5.32 Å². The molecule has 0 radical (unpaired) electrons. The van der Waals surface area contributed by atoms with Crippen molar-refractivity contribution in [1.29, 1.82) is 0 Å². The van der Waals surface area contributed by atoms with Gasteiger partial charge in [-0.1, -0.05) is 6.07 Å². The summed E-state index contributed by atoms with van der Waals surface area (Å²) < 4.78 is 42.3. The monoisotopic (exact) mass is 318 g/mol. The van der Waals surface area contributed by atoms with Crippen molar-refractivity contribution in [2.24, 2.45) is 0 Å². The average Bonchev–Trinajstić information content (AvgIpc) is 2.46. The molecule has 1 aromatic carbocycles. The summed E-state index contributed by atoms with van der Waals surface area (Å²) in [7, 11) is 1.28. The summed E-state index contributed by atoms with van der Waals surface area (Å²) in [6.07, 6.45) is -5.95. The van der Waals surface area contributed by atoms with Gasteiger partial charge in [0.05, 0.1) is 11.1 Å². The molecular formula is C13H13F3N2O4. The van der Waals surface area contributed by atoms with Crippen LogP contribution in [0.3, 0.4) is 0 Å². The Bertz CT molecular complexity index is 587. The normalized spacial score (nSPS) is 12.2. The van der Waals surface area contributed by atoms with Gasteiger partial charge >= 0.3 is 18.2 Å². The lowest BCUT2D eigenvalue weighted by Crippen LogP contribution is -2.43. The highest BCUT2D eigenvalue weighted by Gasteiger charge is 2.31. The number of carbonyl (C=O) groups is 3. The predicted octanol–water partition coefficient (Wildman–Crippen LogP) is 1.71. The summed E-state index contributed by atoms with van der Waals surface area (Å²) in [6.45, 7) is 1.18. The topological polar surface area (TPSA) is 84.5 Å². The summed E-state index contributed by atoms with van der Waals surface area (Å²) in [4.78, 5) is 34.1. The Morgan fingerprint density at radius 2 is 1.86 bits per heavy atom. The van der Waals surface area contributed by atoms with Crippen LogP contribution in [0.15, 0.2) is 24.3 Å². The molecule has 6 nitrogen and oxygen atoms in total. The SMILES string of the molecule is CNC(=O)NC(=O)[C@@H](C)OC(=O)c1cccc(C(F)(F)F)c1. The molecule has 0 aliphatic rings. The number of urea groups is 1. The molecule has 3 amide bonds. The van der Waals surface area contributed by atoms with Crippen LogP contribution in [0.5, 0.6) is 0 Å². The molecule has 120 valence electrons. The van der Waals surface area contributed by atoms with E-state index in [0.29, 0.717) is 6.07 Å². The molecule has 22 heavy (non-hydrogen) atoms. The second-order valence-electron chi connectivity index (χ2n) is 4.19. The summed E-state index contributed by atoms with van der Waals surface area (Å²) >= 11 is 0. The molecule has 9 heteroatoms. The maximum Gasteiger partial charge on any atom is 0.416 e. The van der Waals surface area contributed by atoms with Crippen molar-refractivity contribution in [3.63, 3.8) is 0 Å². The van der Waals surface area contributed by atoms with Crippen molar-refractivity contribution in [3.05, 3.63) is 35.4 Å². The van der Waals surface area contributed by atoms with Crippen LogP contribution in [0.1, 0.15) is 22.8 Å². The lowest BCUT2D eigenvalue weighted by molar-refractivity contribution is -0.137. The van der Waals surface area contributed by atoms with E-state index in [2.05, 4.69) is 5.32 Å². The van der Waals surface area contributed by atoms with Crippen LogP contribution in [0.25, 0.3) is 0 Å². The molecule has 0 saturated carbocycles. The lowest BCUT2D eigenvalue weighted by atomic mass is 10.1. The molecule has 0 aliphatic carbocycles. The highest BCUT2D eigenvalue weighted by molar-refractivity contribution is 5.98. The van der Waals surface area contributed by atoms with Gasteiger partial charge in [0.1, 0.15) is 0 Å². The Labute approximate surface area is 123 Å². The van der Waals surface area contributed by atoms with E-state index in [0.717, 1.165) is 18.2 Å². The van der Waals surface area contributed by atoms with Gasteiger partial charge in [0.2, 0.25) is 0 Å². The molecule has 0 aliphatic heterocycles. The molecule has 0 fully saturated rings. The first kappa shape index (κ1) is 17.5. The van der Waals surface area contributed by atoms with Crippen molar-refractivity contribution in [3.8, 4) is 0 Å². The molecule has 0 unspecified atom stereocenters. The Morgan fingerprint density at radius 1 is 1.23 bits per heavy atom. The second-order valence-corrected chi connectivity index (χ2v) is 4.19. The maximum atomic E-state index is 12.5. The van der Waals surface area contributed by atoms with Gasteiger partial charge in [0.15, 0.2) is 6.10 Å². The van der Waals surface area contributed by atoms with E-state index in [4.69, 9.17) is 4.74 Å². The molecule has 0 heterocycles. The van der Waals surface area contributed by atoms with Crippen molar-refractivity contribution < 1.29 is 32.3 Å². The van der Waals surface area contributed by atoms with Gasteiger partial charge in [-0.3, -0.25) is 10.1 Å². The molecular weight excluding hydrogens is 305 g/mol. The first-order valence-electron chi connectivity index (χ1n) is 6.06. The van der Waals surface area contributed by atoms with E-state index in [9.17, 15) is 27.6 Å². The zero-order chi connectivity index (χ0) is 16.9. The number of ether oxygens (including phenoxy) is 1. The zero-order valence-electron chi connectivity index (χ0n) is 11.7. The predicted molar refractivity (Wildman–Crippen MR) is 68.9 cm³/mol. The molecule has 2 N–H and O–H groups in total. The number of carbonyl (C=O) groups excluding carboxylic acids is 3. The fraction of sp³-hybridized carbons (Fsp3) is 0.308. The Balaban J connectivity index is 2.77. The molecule has 1 aromatic rings. The average molecular weight is 318 g/mol. The summed E-state index contributed by atoms with van der Waals surface area (Å²) in [5.74, 6) is -2.01. The number of halogens is 3. The third-order valence-corrected chi connectivity index (χ3v) is 2.54. The second kappa shape index (κ2) is 6.92. The van der Waals surface area contributed by atoms with E-state index in [1.54, 1.807) is 0 Å². The van der Waals surface area contributed by atoms with Crippen LogP contribution in [-0.4, -0.2) is 31.1 Å². The first-order chi connectivity index (χ1) is 10.1. The Morgan fingerprint density at radius 3 is 2.41 bits per heavy atom. The fourth-order valence-corrected chi connectivity index (χ4v) is 1.38. The van der Waals surface area contributed by atoms with Gasteiger partial charge in [0.25, 0.3) is 5.91 Å². The van der Waals surface area contributed by atoms with Crippen LogP contribution in [-0.2, 0) is 15.7 Å². The van der Waals surface area contributed by atoms with E-state index in [-0.39, 0.29) is 5.56 Å². The minimum Gasteiger partial charge on any atom is -0.449 e. The standard InChI is InChI=1S/C13H13F3N2O4/c1-7(10(19)18-12(21)17-2)22-11(20)8-4-3-5-9(6-8)13(14,15)16/h3-7H,1-2H3,(H2,17,18,19,21)/t7-/m1/s1. The zero-order valence-corrected chi connectivity index (χ0v) is 11.7. The quantitative estimate of drug-likeness (QED) is 0.831. The van der Waals surface area contributed by atoms with Crippen molar-refractivity contribution in [2.45, 2.75) is 19.2 Å². The van der Waals surface area contributed by atoms with Crippen LogP contribution < -0.4 is 10.6 Å². The van der Waals surface area contributed by atoms with E-state index < -0.39 is 35.8 Å². The number of hydrogen-bond donors (Lipinski definition) is 2. The number of alkyl halides is 3. The van der Waals surface area contributed by atoms with E-state index >= 15 is 0 Å². The molecule has 1 rings (SSSR count). The maximum absolute atomic E-state index is 12.5. The van der Waals surface area contributed by atoms with Crippen molar-refractivity contribution in [1.82, 2.24) is 10.6 Å². The largest absolute Gasteiger partial charge is 0.449 e. The van der Waals surface area contributed by atoms with Crippen molar-refractivity contribution >= 4 is 17.9 Å². The van der Waals surface area contributed by atoms with Crippen LogP contribution in [0, 0.1) is 0 Å².